The molecule has 0 aliphatic heterocycles. The van der Waals surface area contributed by atoms with Crippen molar-refractivity contribution in [3.63, 3.8) is 0 Å². The molecule has 0 atom stereocenters. The molecule has 0 fully saturated rings. The summed E-state index contributed by atoms with van der Waals surface area (Å²) in [5.41, 5.74) is 0. The van der Waals surface area contributed by atoms with Crippen molar-refractivity contribution in [3.8, 4) is 0 Å². The first-order chi connectivity index (χ1) is 5.20. The number of hydrogen-bond donors (Lipinski definition) is 0. The molecule has 0 aromatic carbocycles. The van der Waals surface area contributed by atoms with Gasteiger partial charge in [0.25, 0.3) is 0 Å². The van der Waals surface area contributed by atoms with Gasteiger partial charge in [-0.1, -0.05) is 41.5 Å². The minimum absolute atomic E-state index is 0. The average molecular weight is 233 g/mol. The van der Waals surface area contributed by atoms with Crippen molar-refractivity contribution in [1.82, 2.24) is 0 Å². The van der Waals surface area contributed by atoms with Crippen molar-refractivity contribution in [2.75, 3.05) is 0 Å². The minimum Gasteiger partial charge on any atom is -0.852 e. The summed E-state index contributed by atoms with van der Waals surface area (Å²) in [6, 6.07) is 0. The normalized spacial score (nSPS) is 8.31. The Balaban J connectivity index is -0.0000000450. The predicted molar refractivity (Wildman–Crippen MR) is 45.4 cm³/mol. The van der Waals surface area contributed by atoms with Crippen molar-refractivity contribution in [2.45, 2.75) is 59.9 Å². The van der Waals surface area contributed by atoms with Crippen molar-refractivity contribution in [3.05, 3.63) is 0 Å². The molecule has 0 saturated heterocycles. The van der Waals surface area contributed by atoms with Crippen LogP contribution in [0.3, 0.4) is 0 Å². The smallest absolute Gasteiger partial charge is 0 e. The van der Waals surface area contributed by atoms with Crippen LogP contribution < -0.4 is 15.3 Å². The van der Waals surface area contributed by atoms with Gasteiger partial charge in [0.05, 0.1) is 0 Å². The SMILES string of the molecule is CC(C)[O-].CC(C)[O-].CC(C)[O-].[Fe]. The predicted octanol–water partition coefficient (Wildman–Crippen LogP) is -0.737. The second-order valence-corrected chi connectivity index (χ2v) is 3.15. The fraction of sp³-hybridized carbons (Fsp3) is 1.00. The fourth-order valence-electron chi connectivity index (χ4n) is 0. The Hall–Kier alpha value is 0.399. The quantitative estimate of drug-likeness (QED) is 0.517. The van der Waals surface area contributed by atoms with E-state index < -0.39 is 18.3 Å². The Morgan fingerprint density at radius 2 is 0.538 bits per heavy atom. The maximum Gasteiger partial charge on any atom is 0 e. The zero-order valence-electron chi connectivity index (χ0n) is 9.31. The van der Waals surface area contributed by atoms with E-state index in [-0.39, 0.29) is 17.1 Å². The van der Waals surface area contributed by atoms with E-state index in [4.69, 9.17) is 0 Å². The van der Waals surface area contributed by atoms with Gasteiger partial charge in [-0.05, 0) is 0 Å². The molecular formula is C9H21FeO3-3. The molecule has 0 rings (SSSR count). The van der Waals surface area contributed by atoms with Gasteiger partial charge >= 0.3 is 0 Å². The molecule has 0 radical (unpaired) electrons. The van der Waals surface area contributed by atoms with Crippen LogP contribution in [0.1, 0.15) is 41.5 Å². The molecule has 0 N–H and O–H groups in total. The Kier molecular flexibility index (Phi) is 32.7. The molecule has 0 amide bonds. The van der Waals surface area contributed by atoms with E-state index in [9.17, 15) is 15.3 Å². The molecule has 0 aliphatic rings. The molecule has 13 heavy (non-hydrogen) atoms. The third kappa shape index (κ3) is 8400. The first-order valence-corrected chi connectivity index (χ1v) is 4.17. The van der Waals surface area contributed by atoms with Gasteiger partial charge in [-0.2, -0.15) is 0 Å². The monoisotopic (exact) mass is 233 g/mol. The Morgan fingerprint density at radius 3 is 0.538 bits per heavy atom. The number of rotatable bonds is 0. The molecule has 0 aliphatic carbocycles. The summed E-state index contributed by atoms with van der Waals surface area (Å²) in [5.74, 6) is 0. The molecule has 86 valence electrons. The molecule has 0 heterocycles. The van der Waals surface area contributed by atoms with Crippen molar-refractivity contribution < 1.29 is 32.4 Å². The summed E-state index contributed by atoms with van der Waals surface area (Å²) >= 11 is 0. The fourth-order valence-corrected chi connectivity index (χ4v) is 0. The van der Waals surface area contributed by atoms with E-state index in [1.165, 1.54) is 0 Å². The van der Waals surface area contributed by atoms with Gasteiger partial charge in [0.15, 0.2) is 0 Å². The van der Waals surface area contributed by atoms with E-state index in [1.807, 2.05) is 0 Å². The van der Waals surface area contributed by atoms with Crippen LogP contribution in [0.15, 0.2) is 0 Å². The third-order valence-electron chi connectivity index (χ3n) is 0. The van der Waals surface area contributed by atoms with E-state index in [0.717, 1.165) is 0 Å². The average Bonchev–Trinajstić information content (AvgIpc) is 1.54. The van der Waals surface area contributed by atoms with E-state index in [2.05, 4.69) is 0 Å². The van der Waals surface area contributed by atoms with Crippen LogP contribution in [0.25, 0.3) is 0 Å². The van der Waals surface area contributed by atoms with Gasteiger partial charge in [-0.15, -0.1) is 18.3 Å². The first kappa shape index (κ1) is 23.3. The standard InChI is InChI=1S/3C3H7O.Fe/c3*1-3(2)4;/h3*3H,1-2H3;/q3*-1;. The van der Waals surface area contributed by atoms with Gasteiger partial charge in [0.2, 0.25) is 0 Å². The molecule has 0 spiro atoms. The van der Waals surface area contributed by atoms with Crippen LogP contribution in [0.4, 0.5) is 0 Å². The van der Waals surface area contributed by atoms with Crippen LogP contribution in [-0.2, 0) is 17.1 Å². The molecule has 0 saturated carbocycles. The second-order valence-electron chi connectivity index (χ2n) is 3.15. The van der Waals surface area contributed by atoms with Crippen molar-refractivity contribution >= 4 is 0 Å². The summed E-state index contributed by atoms with van der Waals surface area (Å²) in [6.45, 7) is 9.67. The summed E-state index contributed by atoms with van der Waals surface area (Å²) in [7, 11) is 0. The summed E-state index contributed by atoms with van der Waals surface area (Å²) in [6.07, 6.45) is -1.25. The third-order valence-corrected chi connectivity index (χ3v) is 0. The Bertz CT molecular complexity index is 43.4. The summed E-state index contributed by atoms with van der Waals surface area (Å²) in [5, 5.41) is 28.6. The largest absolute Gasteiger partial charge is 0.852 e. The molecule has 0 aromatic rings. The zero-order valence-corrected chi connectivity index (χ0v) is 10.4. The Labute approximate surface area is 92.6 Å². The maximum absolute atomic E-state index is 9.53. The van der Waals surface area contributed by atoms with E-state index >= 15 is 0 Å². The molecule has 0 aromatic heterocycles. The van der Waals surface area contributed by atoms with Crippen molar-refractivity contribution in [2.24, 2.45) is 0 Å². The van der Waals surface area contributed by atoms with Gasteiger partial charge in [0, 0.05) is 17.1 Å². The zero-order chi connectivity index (χ0) is 10.7. The molecule has 3 nitrogen and oxygen atoms in total. The molecule has 0 unspecified atom stereocenters. The van der Waals surface area contributed by atoms with Gasteiger partial charge in [-0.25, -0.2) is 0 Å². The Morgan fingerprint density at radius 1 is 0.538 bits per heavy atom. The van der Waals surface area contributed by atoms with Crippen LogP contribution in [0.5, 0.6) is 0 Å². The van der Waals surface area contributed by atoms with Gasteiger partial charge in [-0.3, -0.25) is 0 Å². The second kappa shape index (κ2) is 18.2. The van der Waals surface area contributed by atoms with E-state index in [0.29, 0.717) is 0 Å². The van der Waals surface area contributed by atoms with Crippen LogP contribution in [0, 0.1) is 0 Å². The molecule has 0 bridgehead atoms. The number of hydrogen-bond acceptors (Lipinski definition) is 3. The van der Waals surface area contributed by atoms with Crippen LogP contribution >= 0.6 is 0 Å². The molecular weight excluding hydrogens is 212 g/mol. The van der Waals surface area contributed by atoms with Crippen LogP contribution in [0.2, 0.25) is 0 Å². The first-order valence-electron chi connectivity index (χ1n) is 4.17. The van der Waals surface area contributed by atoms with E-state index in [1.54, 1.807) is 41.5 Å². The molecule has 4 heteroatoms. The maximum atomic E-state index is 9.53. The summed E-state index contributed by atoms with van der Waals surface area (Å²) < 4.78 is 0. The van der Waals surface area contributed by atoms with Gasteiger partial charge in [0.1, 0.15) is 0 Å². The van der Waals surface area contributed by atoms with Crippen molar-refractivity contribution in [1.29, 1.82) is 0 Å². The summed E-state index contributed by atoms with van der Waals surface area (Å²) in [4.78, 5) is 0. The van der Waals surface area contributed by atoms with Crippen LogP contribution in [-0.4, -0.2) is 18.3 Å². The minimum atomic E-state index is -0.417. The van der Waals surface area contributed by atoms with Gasteiger partial charge < -0.3 is 15.3 Å². The topological polar surface area (TPSA) is 69.2 Å².